The molecule has 0 N–H and O–H groups in total. The zero-order chi connectivity index (χ0) is 28.7. The van der Waals surface area contributed by atoms with Crippen LogP contribution in [0, 0.1) is 17.8 Å². The molecular weight excluding hydrogens is 502 g/mol. The van der Waals surface area contributed by atoms with Crippen molar-refractivity contribution < 1.29 is 4.57 Å². The van der Waals surface area contributed by atoms with Crippen LogP contribution in [0.5, 0.6) is 0 Å². The number of hydrogen-bond acceptors (Lipinski definition) is 1. The highest BCUT2D eigenvalue weighted by molar-refractivity contribution is 8.00. The zero-order valence-corrected chi connectivity index (χ0v) is 26.9. The van der Waals surface area contributed by atoms with Crippen molar-refractivity contribution in [2.45, 2.75) is 90.9 Å². The fourth-order valence-electron chi connectivity index (χ4n) is 6.70. The normalized spacial score (nSPS) is 13.6. The van der Waals surface area contributed by atoms with Gasteiger partial charge < -0.3 is 0 Å². The summed E-state index contributed by atoms with van der Waals surface area (Å²) in [4.78, 5) is 2.85. The number of rotatable bonds is 3. The second-order valence-electron chi connectivity index (χ2n) is 14.8. The molecule has 1 aliphatic heterocycles. The van der Waals surface area contributed by atoms with Crippen LogP contribution in [0.2, 0.25) is 0 Å². The van der Waals surface area contributed by atoms with Gasteiger partial charge >= 0.3 is 0 Å². The molecule has 2 heterocycles. The largest absolute Gasteiger partial charge is 0.222 e. The van der Waals surface area contributed by atoms with Gasteiger partial charge in [-0.3, -0.25) is 0 Å². The van der Waals surface area contributed by atoms with Gasteiger partial charge in [0, 0.05) is 21.2 Å². The number of hydrogen-bond donors (Lipinski definition) is 0. The van der Waals surface area contributed by atoms with Crippen LogP contribution in [0.3, 0.4) is 0 Å². The minimum atomic E-state index is 0.185. The smallest absolute Gasteiger partial charge is 0.200 e. The topological polar surface area (TPSA) is 3.88 Å². The maximum atomic E-state index is 2.50. The molecule has 0 saturated carbocycles. The van der Waals surface area contributed by atoms with Crippen LogP contribution in [0.4, 0.5) is 0 Å². The van der Waals surface area contributed by atoms with E-state index in [1.54, 1.807) is 0 Å². The number of aryl methyl sites for hydroxylation is 2. The third-order valence-corrected chi connectivity index (χ3v) is 9.67. The molecule has 4 aromatic carbocycles. The SMILES string of the molecule is Cc1c2c(c(CC(C)(C)C)c3ccc(CC(C)(C)C)cc13)Sc1cc3cc(C(C)C)ccc3c3cc[n+](C)c-2c13. The van der Waals surface area contributed by atoms with Crippen molar-refractivity contribution in [3.63, 3.8) is 0 Å². The number of fused-ring (bicyclic) bond motifs is 5. The van der Waals surface area contributed by atoms with Crippen molar-refractivity contribution in [3.05, 3.63) is 77.0 Å². The third kappa shape index (κ3) is 4.63. The molecule has 0 atom stereocenters. The molecule has 0 aliphatic carbocycles. The van der Waals surface area contributed by atoms with E-state index in [1.807, 2.05) is 11.8 Å². The molecule has 6 rings (SSSR count). The van der Waals surface area contributed by atoms with Crippen LogP contribution in [-0.2, 0) is 19.9 Å². The van der Waals surface area contributed by atoms with Gasteiger partial charge in [0.2, 0.25) is 5.69 Å². The summed E-state index contributed by atoms with van der Waals surface area (Å²) in [5, 5.41) is 8.33. The van der Waals surface area contributed by atoms with E-state index in [0.717, 1.165) is 12.8 Å². The van der Waals surface area contributed by atoms with Gasteiger partial charge in [-0.15, -0.1) is 0 Å². The predicted molar refractivity (Wildman–Crippen MR) is 175 cm³/mol. The molecule has 206 valence electrons. The molecule has 2 heteroatoms. The summed E-state index contributed by atoms with van der Waals surface area (Å²) in [6, 6.07) is 19.2. The average Bonchev–Trinajstić information content (AvgIpc) is 2.85. The summed E-state index contributed by atoms with van der Waals surface area (Å²) >= 11 is 2.01. The Labute approximate surface area is 245 Å². The molecule has 0 spiro atoms. The second-order valence-corrected chi connectivity index (χ2v) is 15.9. The first-order valence-electron chi connectivity index (χ1n) is 14.9. The van der Waals surface area contributed by atoms with E-state index in [9.17, 15) is 0 Å². The molecule has 0 bridgehead atoms. The Morgan fingerprint density at radius 3 is 2.15 bits per heavy atom. The van der Waals surface area contributed by atoms with Gasteiger partial charge in [0.1, 0.15) is 7.05 Å². The van der Waals surface area contributed by atoms with Crippen molar-refractivity contribution in [2.24, 2.45) is 17.9 Å². The maximum Gasteiger partial charge on any atom is 0.222 e. The third-order valence-electron chi connectivity index (χ3n) is 8.47. The van der Waals surface area contributed by atoms with Gasteiger partial charge in [-0.1, -0.05) is 104 Å². The molecule has 0 fully saturated rings. The summed E-state index contributed by atoms with van der Waals surface area (Å²) in [5.74, 6) is 0.518. The molecule has 40 heavy (non-hydrogen) atoms. The lowest BCUT2D eigenvalue weighted by Gasteiger charge is -2.28. The Kier molecular flexibility index (Phi) is 6.39. The molecule has 0 radical (unpaired) electrons. The van der Waals surface area contributed by atoms with Crippen molar-refractivity contribution >= 4 is 44.1 Å². The molecule has 0 unspecified atom stereocenters. The Morgan fingerprint density at radius 2 is 1.48 bits per heavy atom. The van der Waals surface area contributed by atoms with Crippen molar-refractivity contribution in [2.75, 3.05) is 0 Å². The zero-order valence-electron chi connectivity index (χ0n) is 26.0. The van der Waals surface area contributed by atoms with Crippen LogP contribution in [0.15, 0.2) is 64.5 Å². The van der Waals surface area contributed by atoms with E-state index in [-0.39, 0.29) is 10.8 Å². The fraction of sp³-hybridized carbons (Fsp3) is 0.395. The highest BCUT2D eigenvalue weighted by Gasteiger charge is 2.33. The second kappa shape index (κ2) is 9.35. The van der Waals surface area contributed by atoms with Crippen molar-refractivity contribution in [1.29, 1.82) is 0 Å². The standard InChI is InChI=1S/C38H44NS/c1-22(2)25-12-14-27-26(18-25)19-32-34-29(27)15-16-39(10)35(34)33-23(3)30-17-24(20-37(4,5)6)11-13-28(30)31(36(33)40-32)21-38(7,8)9/h11-19,22H,20-21H2,1-10H3/q+1. The fourth-order valence-corrected chi connectivity index (χ4v) is 8.07. The first-order chi connectivity index (χ1) is 18.7. The average molecular weight is 547 g/mol. The van der Waals surface area contributed by atoms with Gasteiger partial charge in [-0.2, -0.15) is 0 Å². The highest BCUT2D eigenvalue weighted by atomic mass is 32.2. The van der Waals surface area contributed by atoms with Gasteiger partial charge in [0.25, 0.3) is 0 Å². The van der Waals surface area contributed by atoms with Crippen LogP contribution >= 0.6 is 11.8 Å². The summed E-state index contributed by atoms with van der Waals surface area (Å²) in [6.07, 6.45) is 4.41. The number of benzene rings is 4. The van der Waals surface area contributed by atoms with Crippen LogP contribution < -0.4 is 4.57 Å². The lowest BCUT2D eigenvalue weighted by Crippen LogP contribution is -2.32. The van der Waals surface area contributed by atoms with Gasteiger partial charge in [0.05, 0.1) is 10.9 Å². The molecule has 1 aromatic heterocycles. The molecule has 0 amide bonds. The first kappa shape index (κ1) is 27.3. The summed E-state index contributed by atoms with van der Waals surface area (Å²) in [5.41, 5.74) is 9.00. The minimum absolute atomic E-state index is 0.185. The van der Waals surface area contributed by atoms with E-state index in [2.05, 4.69) is 129 Å². The summed E-state index contributed by atoms with van der Waals surface area (Å²) < 4.78 is 2.37. The quantitative estimate of drug-likeness (QED) is 0.158. The van der Waals surface area contributed by atoms with E-state index >= 15 is 0 Å². The van der Waals surface area contributed by atoms with Crippen LogP contribution in [0.1, 0.15) is 83.6 Å². The number of pyridine rings is 1. The lowest BCUT2D eigenvalue weighted by molar-refractivity contribution is -0.659. The molecule has 1 nitrogen and oxygen atoms in total. The molecule has 1 aliphatic rings. The Bertz CT molecular complexity index is 1830. The Balaban J connectivity index is 1.73. The molecule has 5 aromatic rings. The minimum Gasteiger partial charge on any atom is -0.200 e. The number of nitrogens with zero attached hydrogens (tertiary/aromatic N) is 1. The van der Waals surface area contributed by atoms with Crippen molar-refractivity contribution in [1.82, 2.24) is 0 Å². The first-order valence-corrected chi connectivity index (χ1v) is 15.7. The van der Waals surface area contributed by atoms with Crippen molar-refractivity contribution in [3.8, 4) is 11.3 Å². The maximum absolute atomic E-state index is 2.50. The molecule has 0 saturated heterocycles. The van der Waals surface area contributed by atoms with E-state index in [1.165, 1.54) is 75.6 Å². The molecular formula is C38H44NS+. The predicted octanol–water partition coefficient (Wildman–Crippen LogP) is 10.7. The van der Waals surface area contributed by atoms with E-state index < -0.39 is 0 Å². The van der Waals surface area contributed by atoms with Gasteiger partial charge in [-0.05, 0) is 86.4 Å². The van der Waals surface area contributed by atoms with Gasteiger partial charge in [-0.25, -0.2) is 4.57 Å². The summed E-state index contributed by atoms with van der Waals surface area (Å²) in [7, 11) is 2.23. The number of aromatic nitrogens is 1. The Hall–Kier alpha value is -2.84. The Morgan fingerprint density at radius 1 is 0.775 bits per heavy atom. The van der Waals surface area contributed by atoms with E-state index in [4.69, 9.17) is 0 Å². The monoisotopic (exact) mass is 546 g/mol. The van der Waals surface area contributed by atoms with Crippen LogP contribution in [-0.4, -0.2) is 0 Å². The van der Waals surface area contributed by atoms with Crippen LogP contribution in [0.25, 0.3) is 43.6 Å². The lowest BCUT2D eigenvalue weighted by atomic mass is 9.81. The summed E-state index contributed by atoms with van der Waals surface area (Å²) in [6.45, 7) is 21.1. The van der Waals surface area contributed by atoms with E-state index in [0.29, 0.717) is 5.92 Å². The van der Waals surface area contributed by atoms with Gasteiger partial charge in [0.15, 0.2) is 6.20 Å². The highest BCUT2D eigenvalue weighted by Crippen LogP contribution is 2.53.